The summed E-state index contributed by atoms with van der Waals surface area (Å²) in [6.45, 7) is 2.57. The molecule has 28 heavy (non-hydrogen) atoms. The summed E-state index contributed by atoms with van der Waals surface area (Å²) < 4.78 is 6.60. The molecule has 8 nitrogen and oxygen atoms in total. The molecule has 0 fully saturated rings. The lowest BCUT2D eigenvalue weighted by Crippen LogP contribution is -2.26. The van der Waals surface area contributed by atoms with E-state index in [0.29, 0.717) is 36.7 Å². The molecule has 0 spiro atoms. The molecule has 0 bridgehead atoms. The molecule has 0 saturated heterocycles. The molecule has 146 valence electrons. The Morgan fingerprint density at radius 3 is 2.82 bits per heavy atom. The maximum atomic E-state index is 12.0. The van der Waals surface area contributed by atoms with Crippen LogP contribution < -0.4 is 5.32 Å². The third-order valence-corrected chi connectivity index (χ3v) is 4.86. The first-order valence-electron chi connectivity index (χ1n) is 8.98. The molecule has 1 aromatic carbocycles. The van der Waals surface area contributed by atoms with Gasteiger partial charge in [-0.3, -0.25) is 9.59 Å². The van der Waals surface area contributed by atoms with E-state index < -0.39 is 0 Å². The van der Waals surface area contributed by atoms with Crippen molar-refractivity contribution in [2.24, 2.45) is 0 Å². The van der Waals surface area contributed by atoms with E-state index in [4.69, 9.17) is 4.74 Å². The Morgan fingerprint density at radius 2 is 2.04 bits per heavy atom. The van der Waals surface area contributed by atoms with E-state index in [1.54, 1.807) is 17.8 Å². The molecule has 3 aromatic rings. The quantitative estimate of drug-likeness (QED) is 0.255. The van der Waals surface area contributed by atoms with Crippen molar-refractivity contribution in [3.63, 3.8) is 0 Å². The minimum Gasteiger partial charge on any atom is -0.466 e. The highest BCUT2D eigenvalue weighted by atomic mass is 32.2. The summed E-state index contributed by atoms with van der Waals surface area (Å²) in [6.07, 6.45) is 4.04. The number of carbonyl (C=O) groups excluding carboxylic acids is 2. The van der Waals surface area contributed by atoms with Crippen LogP contribution in [0, 0.1) is 0 Å². The van der Waals surface area contributed by atoms with Crippen molar-refractivity contribution < 1.29 is 14.3 Å². The number of para-hydroxylation sites is 1. The second kappa shape index (κ2) is 9.84. The van der Waals surface area contributed by atoms with E-state index in [0.717, 1.165) is 11.1 Å². The van der Waals surface area contributed by atoms with Crippen LogP contribution in [-0.4, -0.2) is 50.5 Å². The molecule has 0 radical (unpaired) electrons. The van der Waals surface area contributed by atoms with Crippen LogP contribution in [0.15, 0.2) is 47.9 Å². The van der Waals surface area contributed by atoms with Gasteiger partial charge in [-0.15, -0.1) is 0 Å². The van der Waals surface area contributed by atoms with E-state index >= 15 is 0 Å². The van der Waals surface area contributed by atoms with Crippen molar-refractivity contribution in [1.82, 2.24) is 25.1 Å². The maximum absolute atomic E-state index is 12.0. The Morgan fingerprint density at radius 1 is 1.21 bits per heavy atom. The Balaban J connectivity index is 1.56. The fourth-order valence-corrected chi connectivity index (χ4v) is 3.37. The lowest BCUT2D eigenvalue weighted by atomic mass is 10.3. The second-order valence-corrected chi connectivity index (χ2v) is 6.82. The summed E-state index contributed by atoms with van der Waals surface area (Å²) in [7, 11) is 0. The number of hydrogen-bond donors (Lipinski definition) is 1. The highest BCUT2D eigenvalue weighted by molar-refractivity contribution is 8.00. The van der Waals surface area contributed by atoms with Gasteiger partial charge < -0.3 is 10.1 Å². The van der Waals surface area contributed by atoms with Crippen molar-refractivity contribution >= 4 is 34.7 Å². The zero-order valence-electron chi connectivity index (χ0n) is 15.5. The van der Waals surface area contributed by atoms with Crippen LogP contribution in [0.1, 0.15) is 19.8 Å². The minimum atomic E-state index is -0.245. The van der Waals surface area contributed by atoms with Gasteiger partial charge in [-0.2, -0.15) is 5.10 Å². The van der Waals surface area contributed by atoms with Crippen molar-refractivity contribution in [1.29, 1.82) is 0 Å². The number of nitrogens with zero attached hydrogens (tertiary/aromatic N) is 4. The predicted molar refractivity (Wildman–Crippen MR) is 106 cm³/mol. The van der Waals surface area contributed by atoms with Gasteiger partial charge in [0.15, 0.2) is 5.65 Å². The van der Waals surface area contributed by atoms with Gasteiger partial charge in [-0.1, -0.05) is 30.0 Å². The summed E-state index contributed by atoms with van der Waals surface area (Å²) in [4.78, 5) is 31.9. The molecule has 0 aliphatic rings. The van der Waals surface area contributed by atoms with Crippen LogP contribution in [0.5, 0.6) is 0 Å². The van der Waals surface area contributed by atoms with Crippen molar-refractivity contribution in [2.45, 2.75) is 24.8 Å². The lowest BCUT2D eigenvalue weighted by molar-refractivity contribution is -0.143. The van der Waals surface area contributed by atoms with Crippen molar-refractivity contribution in [3.8, 4) is 5.69 Å². The first-order valence-corrected chi connectivity index (χ1v) is 9.97. The predicted octanol–water partition coefficient (Wildman–Crippen LogP) is 2.37. The molecule has 0 atom stereocenters. The van der Waals surface area contributed by atoms with Gasteiger partial charge in [0, 0.05) is 13.0 Å². The third kappa shape index (κ3) is 5.07. The molecule has 2 aromatic heterocycles. The van der Waals surface area contributed by atoms with Gasteiger partial charge >= 0.3 is 5.97 Å². The third-order valence-electron chi connectivity index (χ3n) is 3.86. The van der Waals surface area contributed by atoms with Crippen LogP contribution in [0.25, 0.3) is 16.7 Å². The number of carbonyl (C=O) groups is 2. The van der Waals surface area contributed by atoms with Gasteiger partial charge in [0.1, 0.15) is 11.4 Å². The minimum absolute atomic E-state index is 0.115. The normalized spacial score (nSPS) is 10.8. The summed E-state index contributed by atoms with van der Waals surface area (Å²) in [5.41, 5.74) is 1.60. The monoisotopic (exact) mass is 399 g/mol. The number of thioether (sulfide) groups is 1. The number of rotatable bonds is 9. The largest absolute Gasteiger partial charge is 0.466 e. The molecule has 0 aliphatic heterocycles. The Hall–Kier alpha value is -2.94. The van der Waals surface area contributed by atoms with Crippen LogP contribution in [0.2, 0.25) is 0 Å². The standard InChI is InChI=1S/C19H21N5O3S/c1-2-27-17(26)9-6-10-20-16(25)12-28-19-15-11-23-24(18(15)21-13-22-19)14-7-4-3-5-8-14/h3-5,7-8,11,13H,2,6,9-10,12H2,1H3,(H,20,25). The number of benzene rings is 1. The van der Waals surface area contributed by atoms with E-state index in [1.807, 2.05) is 30.3 Å². The van der Waals surface area contributed by atoms with E-state index in [-0.39, 0.29) is 17.6 Å². The summed E-state index contributed by atoms with van der Waals surface area (Å²) >= 11 is 1.33. The second-order valence-electron chi connectivity index (χ2n) is 5.86. The number of fused-ring (bicyclic) bond motifs is 1. The molecule has 1 N–H and O–H groups in total. The highest BCUT2D eigenvalue weighted by Gasteiger charge is 2.13. The Kier molecular flexibility index (Phi) is 6.96. The summed E-state index contributed by atoms with van der Waals surface area (Å²) in [5, 5.41) is 8.70. The van der Waals surface area contributed by atoms with Crippen LogP contribution in [-0.2, 0) is 14.3 Å². The van der Waals surface area contributed by atoms with Crippen LogP contribution in [0.3, 0.4) is 0 Å². The molecule has 0 aliphatic carbocycles. The first kappa shape index (κ1) is 19.8. The smallest absolute Gasteiger partial charge is 0.305 e. The lowest BCUT2D eigenvalue weighted by Gasteiger charge is -2.06. The SMILES string of the molecule is CCOC(=O)CCCNC(=O)CSc1ncnc2c1cnn2-c1ccccc1. The number of esters is 1. The van der Waals surface area contributed by atoms with E-state index in [2.05, 4.69) is 20.4 Å². The van der Waals surface area contributed by atoms with Gasteiger partial charge in [0.25, 0.3) is 0 Å². The molecule has 1 amide bonds. The van der Waals surface area contributed by atoms with Gasteiger partial charge in [0.2, 0.25) is 5.91 Å². The molecular weight excluding hydrogens is 378 g/mol. The molecule has 0 saturated carbocycles. The fraction of sp³-hybridized carbons (Fsp3) is 0.316. The molecule has 3 rings (SSSR count). The zero-order valence-corrected chi connectivity index (χ0v) is 16.3. The number of amides is 1. The summed E-state index contributed by atoms with van der Waals surface area (Å²) in [6, 6.07) is 9.71. The highest BCUT2D eigenvalue weighted by Crippen LogP contribution is 2.25. The Labute approximate surface area is 166 Å². The number of nitrogens with one attached hydrogen (secondary N) is 1. The van der Waals surface area contributed by atoms with Crippen LogP contribution >= 0.6 is 11.8 Å². The first-order chi connectivity index (χ1) is 13.7. The maximum Gasteiger partial charge on any atom is 0.305 e. The molecular formula is C19H21N5O3S. The van der Waals surface area contributed by atoms with Crippen LogP contribution in [0.4, 0.5) is 0 Å². The topological polar surface area (TPSA) is 99.0 Å². The van der Waals surface area contributed by atoms with Crippen molar-refractivity contribution in [3.05, 3.63) is 42.9 Å². The van der Waals surface area contributed by atoms with Gasteiger partial charge in [-0.25, -0.2) is 14.6 Å². The molecule has 2 heterocycles. The fourth-order valence-electron chi connectivity index (χ4n) is 2.57. The van der Waals surface area contributed by atoms with E-state index in [1.165, 1.54) is 18.1 Å². The zero-order chi connectivity index (χ0) is 19.8. The number of hydrogen-bond acceptors (Lipinski definition) is 7. The number of aromatic nitrogens is 4. The average molecular weight is 399 g/mol. The van der Waals surface area contributed by atoms with Gasteiger partial charge in [0.05, 0.1) is 29.6 Å². The number of ether oxygens (including phenoxy) is 1. The van der Waals surface area contributed by atoms with Crippen molar-refractivity contribution in [2.75, 3.05) is 18.9 Å². The van der Waals surface area contributed by atoms with E-state index in [9.17, 15) is 9.59 Å². The average Bonchev–Trinajstić information content (AvgIpc) is 3.15. The Bertz CT molecular complexity index is 945. The summed E-state index contributed by atoms with van der Waals surface area (Å²) in [5.74, 6) is -0.136. The molecule has 9 heteroatoms. The van der Waals surface area contributed by atoms with Gasteiger partial charge in [-0.05, 0) is 25.5 Å². The molecule has 0 unspecified atom stereocenters.